The summed E-state index contributed by atoms with van der Waals surface area (Å²) in [7, 11) is 0. The van der Waals surface area contributed by atoms with E-state index in [-0.39, 0.29) is 0 Å². The molecule has 0 aromatic rings. The Hall–Kier alpha value is 1.19. The first-order valence-corrected chi connectivity index (χ1v) is 11.3. The van der Waals surface area contributed by atoms with Gasteiger partial charge in [-0.3, -0.25) is 24.7 Å². The maximum absolute atomic E-state index is 11.9. The number of amides is 1. The molecular formula is C8H17Cl3N3O2PS2. The van der Waals surface area contributed by atoms with Gasteiger partial charge < -0.3 is 0 Å². The average molecular weight is 389 g/mol. The fourth-order valence-electron chi connectivity index (χ4n) is 1.17. The Morgan fingerprint density at radius 3 is 2.32 bits per heavy atom. The van der Waals surface area contributed by atoms with E-state index in [0.29, 0.717) is 29.6 Å². The van der Waals surface area contributed by atoms with Crippen LogP contribution in [0.3, 0.4) is 0 Å². The molecule has 114 valence electrons. The standard InChI is InChI=1S/C8H17Cl3N3O2PS2/c1-2-3-4-5-6(9)8(10,11)7(15)14-17(16,18-12)19-13/h6H,2-5,12-13H2,1H3,(H,14,15,16). The minimum Gasteiger partial charge on any atom is -0.286 e. The van der Waals surface area contributed by atoms with Gasteiger partial charge in [0.1, 0.15) is 0 Å². The van der Waals surface area contributed by atoms with E-state index >= 15 is 0 Å². The number of unbranched alkanes of at least 4 members (excludes halogenated alkanes) is 2. The average Bonchev–Trinajstić information content (AvgIpc) is 2.38. The quantitative estimate of drug-likeness (QED) is 0.241. The number of nitrogens with one attached hydrogen (secondary N) is 1. The molecule has 11 heteroatoms. The van der Waals surface area contributed by atoms with E-state index in [0.717, 1.165) is 19.3 Å². The van der Waals surface area contributed by atoms with Crippen LogP contribution in [-0.4, -0.2) is 15.6 Å². The molecule has 0 rings (SSSR count). The molecule has 0 aliphatic carbocycles. The van der Waals surface area contributed by atoms with Gasteiger partial charge in [-0.15, -0.1) is 11.6 Å². The summed E-state index contributed by atoms with van der Waals surface area (Å²) in [5, 5.41) is 11.8. The van der Waals surface area contributed by atoms with Crippen molar-refractivity contribution in [3.8, 4) is 0 Å². The predicted octanol–water partition coefficient (Wildman–Crippen LogP) is 3.79. The smallest absolute Gasteiger partial charge is 0.286 e. The summed E-state index contributed by atoms with van der Waals surface area (Å²) in [4.78, 5) is 11.9. The summed E-state index contributed by atoms with van der Waals surface area (Å²) >= 11 is 18.8. The SMILES string of the molecule is CCCCCC(Cl)C(Cl)(Cl)C(=O)NP(=O)(SN)SN. The van der Waals surface area contributed by atoms with Crippen molar-refractivity contribution in [2.45, 2.75) is 42.3 Å². The van der Waals surface area contributed by atoms with Crippen molar-refractivity contribution in [2.75, 3.05) is 0 Å². The largest absolute Gasteiger partial charge is 0.308 e. The fourth-order valence-corrected chi connectivity index (χ4v) is 3.86. The lowest BCUT2D eigenvalue weighted by molar-refractivity contribution is -0.120. The van der Waals surface area contributed by atoms with Crippen LogP contribution in [0, 0.1) is 0 Å². The van der Waals surface area contributed by atoms with E-state index in [1.807, 2.05) is 6.92 Å². The van der Waals surface area contributed by atoms with E-state index in [4.69, 9.17) is 45.1 Å². The lowest BCUT2D eigenvalue weighted by Crippen LogP contribution is -2.43. The molecule has 0 bridgehead atoms. The number of carbonyl (C=O) groups excluding carboxylic acids is 1. The maximum atomic E-state index is 11.9. The van der Waals surface area contributed by atoms with Crippen LogP contribution < -0.4 is 15.4 Å². The molecule has 0 aromatic carbocycles. The highest BCUT2D eigenvalue weighted by Crippen LogP contribution is 2.60. The summed E-state index contributed by atoms with van der Waals surface area (Å²) in [5.74, 6) is -0.855. The summed E-state index contributed by atoms with van der Waals surface area (Å²) < 4.78 is 10.00. The first-order valence-electron chi connectivity index (χ1n) is 5.45. The number of hydrogen-bond donors (Lipinski definition) is 3. The van der Waals surface area contributed by atoms with E-state index < -0.39 is 21.3 Å². The van der Waals surface area contributed by atoms with Crippen LogP contribution in [0.15, 0.2) is 0 Å². The third kappa shape index (κ3) is 6.66. The van der Waals surface area contributed by atoms with Crippen molar-refractivity contribution in [3.05, 3.63) is 0 Å². The Bertz CT molecular complexity index is 341. The van der Waals surface area contributed by atoms with Gasteiger partial charge in [0.2, 0.25) is 4.33 Å². The third-order valence-corrected chi connectivity index (χ3v) is 8.71. The first kappa shape index (κ1) is 20.2. The van der Waals surface area contributed by atoms with Crippen molar-refractivity contribution in [1.82, 2.24) is 5.09 Å². The van der Waals surface area contributed by atoms with E-state index in [9.17, 15) is 9.36 Å². The zero-order valence-electron chi connectivity index (χ0n) is 10.3. The monoisotopic (exact) mass is 387 g/mol. The summed E-state index contributed by atoms with van der Waals surface area (Å²) in [6.45, 7) is 2.04. The fraction of sp³-hybridized carbons (Fsp3) is 0.875. The highest BCUT2D eigenvalue weighted by atomic mass is 35.5. The molecule has 0 aliphatic rings. The molecule has 0 saturated carbocycles. The van der Waals surface area contributed by atoms with Gasteiger partial charge in [-0.2, -0.15) is 0 Å². The van der Waals surface area contributed by atoms with Gasteiger partial charge in [-0.25, -0.2) is 0 Å². The predicted molar refractivity (Wildman–Crippen MR) is 87.5 cm³/mol. The number of halogens is 3. The van der Waals surface area contributed by atoms with Crippen molar-refractivity contribution >= 4 is 69.5 Å². The molecule has 5 nitrogen and oxygen atoms in total. The van der Waals surface area contributed by atoms with Gasteiger partial charge in [0, 0.05) is 23.1 Å². The third-order valence-electron chi connectivity index (χ3n) is 2.27. The lowest BCUT2D eigenvalue weighted by atomic mass is 10.1. The first-order chi connectivity index (χ1) is 8.73. The molecule has 1 unspecified atom stereocenters. The second kappa shape index (κ2) is 9.26. The highest BCUT2D eigenvalue weighted by molar-refractivity contribution is 8.89. The van der Waals surface area contributed by atoms with Crippen LogP contribution in [0.5, 0.6) is 0 Å². The topological polar surface area (TPSA) is 98.2 Å². The number of hydrogen-bond acceptors (Lipinski definition) is 6. The Kier molecular flexibility index (Phi) is 9.84. The molecule has 0 radical (unpaired) electrons. The van der Waals surface area contributed by atoms with Crippen molar-refractivity contribution in [3.63, 3.8) is 0 Å². The van der Waals surface area contributed by atoms with Crippen LogP contribution >= 0.6 is 63.6 Å². The van der Waals surface area contributed by atoms with Crippen molar-refractivity contribution < 1.29 is 9.36 Å². The molecule has 0 aliphatic heterocycles. The van der Waals surface area contributed by atoms with Crippen molar-refractivity contribution in [2.24, 2.45) is 10.3 Å². The minimum atomic E-state index is -3.34. The number of nitrogens with two attached hydrogens (primary N) is 2. The van der Waals surface area contributed by atoms with E-state index in [1.54, 1.807) is 0 Å². The Balaban J connectivity index is 4.62. The summed E-state index contributed by atoms with van der Waals surface area (Å²) in [6, 6.07) is 0. The van der Waals surface area contributed by atoms with Gasteiger partial charge in [-0.05, 0) is 6.42 Å². The van der Waals surface area contributed by atoms with Crippen LogP contribution in [0.2, 0.25) is 0 Å². The zero-order chi connectivity index (χ0) is 15.1. The molecule has 19 heavy (non-hydrogen) atoms. The molecule has 0 saturated heterocycles. The summed E-state index contributed by atoms with van der Waals surface area (Å²) in [6.07, 6.45) is 3.25. The Labute approximate surface area is 136 Å². The normalized spacial score (nSPS) is 14.2. The van der Waals surface area contributed by atoms with Gasteiger partial charge in [0.25, 0.3) is 5.91 Å². The Morgan fingerprint density at radius 2 is 1.89 bits per heavy atom. The second-order valence-electron chi connectivity index (χ2n) is 3.74. The summed E-state index contributed by atoms with van der Waals surface area (Å²) in [5.41, 5.74) is -3.34. The second-order valence-corrected chi connectivity index (χ2v) is 12.3. The molecule has 1 atom stereocenters. The molecule has 0 heterocycles. The van der Waals surface area contributed by atoms with Crippen LogP contribution in [0.25, 0.3) is 0 Å². The number of rotatable bonds is 9. The number of carbonyl (C=O) groups is 1. The van der Waals surface area contributed by atoms with Gasteiger partial charge in [0.15, 0.2) is 0 Å². The van der Waals surface area contributed by atoms with Crippen molar-refractivity contribution in [1.29, 1.82) is 0 Å². The van der Waals surface area contributed by atoms with E-state index in [2.05, 4.69) is 5.09 Å². The molecule has 0 aromatic heterocycles. The highest BCUT2D eigenvalue weighted by Gasteiger charge is 2.43. The Morgan fingerprint density at radius 1 is 1.37 bits per heavy atom. The van der Waals surface area contributed by atoms with Crippen LogP contribution in [0.1, 0.15) is 32.6 Å². The number of alkyl halides is 3. The van der Waals surface area contributed by atoms with Crippen LogP contribution in [-0.2, 0) is 9.36 Å². The molecule has 0 spiro atoms. The molecule has 1 amide bonds. The maximum Gasteiger partial charge on any atom is 0.308 e. The van der Waals surface area contributed by atoms with Gasteiger partial charge >= 0.3 is 5.70 Å². The lowest BCUT2D eigenvalue weighted by Gasteiger charge is -2.25. The molecule has 5 N–H and O–H groups in total. The zero-order valence-corrected chi connectivity index (χ0v) is 15.1. The minimum absolute atomic E-state index is 0.451. The molecule has 0 fully saturated rings. The van der Waals surface area contributed by atoms with Gasteiger partial charge in [-0.1, -0.05) is 49.4 Å². The van der Waals surface area contributed by atoms with Crippen LogP contribution in [0.4, 0.5) is 0 Å². The molecular weight excluding hydrogens is 372 g/mol. The van der Waals surface area contributed by atoms with E-state index in [1.165, 1.54) is 0 Å². The van der Waals surface area contributed by atoms with Gasteiger partial charge in [0.05, 0.1) is 5.38 Å².